The molecular weight excluding hydrogens is 344 g/mol. The maximum Gasteiger partial charge on any atom is 0.307 e. The van der Waals surface area contributed by atoms with Crippen molar-refractivity contribution in [2.45, 2.75) is 26.8 Å². The Kier molecular flexibility index (Phi) is 4.26. The van der Waals surface area contributed by atoms with Gasteiger partial charge in [-0.05, 0) is 29.5 Å². The molecule has 1 amide bonds. The average molecular weight is 366 g/mol. The lowest BCUT2D eigenvalue weighted by molar-refractivity contribution is -0.140. The molecule has 8 heteroatoms. The lowest BCUT2D eigenvalue weighted by atomic mass is 10.1. The largest absolute Gasteiger partial charge is 0.481 e. The van der Waals surface area contributed by atoms with Crippen molar-refractivity contribution in [2.75, 3.05) is 16.6 Å². The number of hydrogen-bond donors (Lipinski definition) is 2. The number of nitrogens with one attached hydrogen (secondary N) is 1. The molecule has 1 aliphatic heterocycles. The minimum absolute atomic E-state index is 0.173. The van der Waals surface area contributed by atoms with Gasteiger partial charge < -0.3 is 10.4 Å². The van der Waals surface area contributed by atoms with Crippen molar-refractivity contribution in [3.8, 4) is 0 Å². The zero-order chi connectivity index (χ0) is 18.4. The topological polar surface area (TPSA) is 104 Å². The van der Waals surface area contributed by atoms with Gasteiger partial charge in [0.25, 0.3) is 0 Å². The van der Waals surface area contributed by atoms with Crippen LogP contribution in [-0.4, -0.2) is 37.7 Å². The number of amides is 1. The highest BCUT2D eigenvalue weighted by Gasteiger charge is 2.65. The zero-order valence-electron chi connectivity index (χ0n) is 14.2. The Morgan fingerprint density at radius 1 is 1.24 bits per heavy atom. The number of nitrogens with zero attached hydrogens (tertiary/aromatic N) is 1. The van der Waals surface area contributed by atoms with E-state index < -0.39 is 33.2 Å². The maximum atomic E-state index is 12.2. The molecule has 1 heterocycles. The van der Waals surface area contributed by atoms with Crippen LogP contribution in [0.15, 0.2) is 24.3 Å². The van der Waals surface area contributed by atoms with Crippen LogP contribution in [0.3, 0.4) is 0 Å². The fourth-order valence-electron chi connectivity index (χ4n) is 3.60. The van der Waals surface area contributed by atoms with E-state index in [-0.39, 0.29) is 18.2 Å². The number of sulfonamides is 1. The van der Waals surface area contributed by atoms with Crippen LogP contribution < -0.4 is 9.62 Å². The smallest absolute Gasteiger partial charge is 0.307 e. The van der Waals surface area contributed by atoms with Crippen LogP contribution >= 0.6 is 0 Å². The number of carbonyl (C=O) groups excluding carboxylic acids is 1. The van der Waals surface area contributed by atoms with Gasteiger partial charge in [0.1, 0.15) is 0 Å². The monoisotopic (exact) mass is 366 g/mol. The van der Waals surface area contributed by atoms with E-state index in [1.54, 1.807) is 38.1 Å². The first-order valence-corrected chi connectivity index (χ1v) is 9.85. The van der Waals surface area contributed by atoms with Crippen molar-refractivity contribution >= 4 is 27.6 Å². The van der Waals surface area contributed by atoms with Gasteiger partial charge >= 0.3 is 5.97 Å². The summed E-state index contributed by atoms with van der Waals surface area (Å²) in [5, 5.41) is 11.9. The Morgan fingerprint density at radius 2 is 1.88 bits per heavy atom. The molecule has 3 rings (SSSR count). The standard InChI is InChI=1S/C17H22N2O5S/c1-17(2)13(14(17)16(21)22)15(20)18-10-11-4-6-12(7-5-11)19-8-3-9-25(19,23)24/h4-7,13-14H,3,8-10H2,1-2H3,(H,18,20)(H,21,22)/t13-,14+/m1/s1. The van der Waals surface area contributed by atoms with Crippen molar-refractivity contribution < 1.29 is 23.1 Å². The molecule has 2 N–H and O–H groups in total. The highest BCUT2D eigenvalue weighted by molar-refractivity contribution is 7.93. The maximum absolute atomic E-state index is 12.2. The molecule has 2 atom stereocenters. The molecule has 1 saturated heterocycles. The van der Waals surface area contributed by atoms with Gasteiger partial charge in [-0.2, -0.15) is 0 Å². The molecule has 0 radical (unpaired) electrons. The number of anilines is 1. The lowest BCUT2D eigenvalue weighted by Gasteiger charge is -2.17. The van der Waals surface area contributed by atoms with Crippen molar-refractivity contribution in [3.05, 3.63) is 29.8 Å². The van der Waals surface area contributed by atoms with Gasteiger partial charge in [0, 0.05) is 13.1 Å². The van der Waals surface area contributed by atoms with Gasteiger partial charge in [-0.15, -0.1) is 0 Å². The summed E-state index contributed by atoms with van der Waals surface area (Å²) in [6.45, 7) is 4.33. The molecule has 2 fully saturated rings. The number of carboxylic acids is 1. The zero-order valence-corrected chi connectivity index (χ0v) is 15.0. The molecular formula is C17H22N2O5S. The first-order valence-electron chi connectivity index (χ1n) is 8.24. The lowest BCUT2D eigenvalue weighted by Crippen LogP contribution is -2.27. The fourth-order valence-corrected chi connectivity index (χ4v) is 5.16. The quantitative estimate of drug-likeness (QED) is 0.815. The second-order valence-electron chi connectivity index (χ2n) is 7.24. The first kappa shape index (κ1) is 17.7. The molecule has 0 unspecified atom stereocenters. The van der Waals surface area contributed by atoms with Gasteiger partial charge in [0.15, 0.2) is 0 Å². The Balaban J connectivity index is 1.60. The van der Waals surface area contributed by atoms with E-state index >= 15 is 0 Å². The molecule has 1 saturated carbocycles. The second-order valence-corrected chi connectivity index (χ2v) is 9.25. The third-order valence-corrected chi connectivity index (χ3v) is 7.04. The Labute approximate surface area is 147 Å². The number of carbonyl (C=O) groups is 2. The summed E-state index contributed by atoms with van der Waals surface area (Å²) in [6, 6.07) is 7.00. The van der Waals surface area contributed by atoms with E-state index in [0.717, 1.165) is 5.56 Å². The van der Waals surface area contributed by atoms with Crippen molar-refractivity contribution in [3.63, 3.8) is 0 Å². The van der Waals surface area contributed by atoms with Crippen LogP contribution in [0.2, 0.25) is 0 Å². The van der Waals surface area contributed by atoms with E-state index in [1.165, 1.54) is 4.31 Å². The predicted octanol–water partition coefficient (Wildman–Crippen LogP) is 1.20. The van der Waals surface area contributed by atoms with Crippen LogP contribution in [0.1, 0.15) is 25.8 Å². The molecule has 0 bridgehead atoms. The first-order chi connectivity index (χ1) is 11.6. The molecule has 136 valence electrons. The van der Waals surface area contributed by atoms with E-state index in [1.807, 2.05) is 0 Å². The van der Waals surface area contributed by atoms with E-state index in [2.05, 4.69) is 5.32 Å². The average Bonchev–Trinajstić information content (AvgIpc) is 2.94. The van der Waals surface area contributed by atoms with Crippen molar-refractivity contribution in [1.29, 1.82) is 0 Å². The van der Waals surface area contributed by atoms with Crippen LogP contribution in [0.5, 0.6) is 0 Å². The Bertz CT molecular complexity index is 801. The van der Waals surface area contributed by atoms with Gasteiger partial charge in [-0.3, -0.25) is 13.9 Å². The summed E-state index contributed by atoms with van der Waals surface area (Å²) in [5.41, 5.74) is 0.935. The molecule has 1 aromatic carbocycles. The molecule has 2 aliphatic rings. The van der Waals surface area contributed by atoms with Crippen molar-refractivity contribution in [1.82, 2.24) is 5.32 Å². The third-order valence-electron chi connectivity index (χ3n) is 5.17. The number of benzene rings is 1. The van der Waals surface area contributed by atoms with Crippen LogP contribution in [0, 0.1) is 17.3 Å². The SMILES string of the molecule is CC1(C)[C@H](C(=O)O)[C@@H]1C(=O)NCc1ccc(N2CCCS2(=O)=O)cc1. The van der Waals surface area contributed by atoms with Gasteiger partial charge in [0.05, 0.1) is 23.3 Å². The number of rotatable bonds is 5. The van der Waals surface area contributed by atoms with Crippen molar-refractivity contribution in [2.24, 2.45) is 17.3 Å². The molecule has 25 heavy (non-hydrogen) atoms. The summed E-state index contributed by atoms with van der Waals surface area (Å²) >= 11 is 0. The summed E-state index contributed by atoms with van der Waals surface area (Å²) in [7, 11) is -3.20. The Hall–Kier alpha value is -2.09. The Morgan fingerprint density at radius 3 is 2.36 bits per heavy atom. The minimum Gasteiger partial charge on any atom is -0.481 e. The van der Waals surface area contributed by atoms with Crippen LogP contribution in [0.25, 0.3) is 0 Å². The predicted molar refractivity (Wildman–Crippen MR) is 92.4 cm³/mol. The second kappa shape index (κ2) is 6.01. The van der Waals surface area contributed by atoms with Crippen LogP contribution in [0.4, 0.5) is 5.69 Å². The summed E-state index contributed by atoms with van der Waals surface area (Å²) in [6.07, 6.45) is 0.627. The number of carboxylic acid groups (broad SMARTS) is 1. The highest BCUT2D eigenvalue weighted by Crippen LogP contribution is 2.58. The summed E-state index contributed by atoms with van der Waals surface area (Å²) in [5.74, 6) is -2.19. The van der Waals surface area contributed by atoms with Gasteiger partial charge in [0.2, 0.25) is 15.9 Å². The molecule has 0 aromatic heterocycles. The molecule has 7 nitrogen and oxygen atoms in total. The van der Waals surface area contributed by atoms with Gasteiger partial charge in [-0.25, -0.2) is 8.42 Å². The minimum atomic E-state index is -3.20. The number of aliphatic carboxylic acids is 1. The van der Waals surface area contributed by atoms with E-state index in [4.69, 9.17) is 5.11 Å². The van der Waals surface area contributed by atoms with Gasteiger partial charge in [-0.1, -0.05) is 26.0 Å². The van der Waals surface area contributed by atoms with E-state index in [0.29, 0.717) is 18.7 Å². The highest BCUT2D eigenvalue weighted by atomic mass is 32.2. The molecule has 0 spiro atoms. The normalized spacial score (nSPS) is 26.2. The summed E-state index contributed by atoms with van der Waals surface area (Å²) in [4.78, 5) is 23.4. The van der Waals surface area contributed by atoms with E-state index in [9.17, 15) is 18.0 Å². The fraction of sp³-hybridized carbons (Fsp3) is 0.529. The van der Waals surface area contributed by atoms with Crippen LogP contribution in [-0.2, 0) is 26.2 Å². The molecule has 1 aromatic rings. The third kappa shape index (κ3) is 3.22. The number of hydrogen-bond acceptors (Lipinski definition) is 4. The molecule has 1 aliphatic carbocycles. The summed E-state index contributed by atoms with van der Waals surface area (Å²) < 4.78 is 25.2.